The molecule has 7 nitrogen and oxygen atoms in total. The fraction of sp³-hybridized carbons (Fsp3) is 0.417. The molecule has 1 aromatic carbocycles. The quantitative estimate of drug-likeness (QED) is 0.635. The van der Waals surface area contributed by atoms with E-state index >= 15 is 0 Å². The van der Waals surface area contributed by atoms with E-state index < -0.39 is 0 Å². The number of hydrogen-bond donors (Lipinski definition) is 0. The lowest BCUT2D eigenvalue weighted by Crippen LogP contribution is -2.47. The average Bonchev–Trinajstić information content (AvgIpc) is 3.22. The largest absolute Gasteiger partial charge is 0.378 e. The van der Waals surface area contributed by atoms with Gasteiger partial charge in [0.05, 0.1) is 24.3 Å². The number of carbonyl (C=O) groups excluding carboxylic acids is 1. The zero-order valence-corrected chi connectivity index (χ0v) is 17.8. The maximum absolute atomic E-state index is 13.1. The van der Waals surface area contributed by atoms with E-state index in [-0.39, 0.29) is 5.91 Å². The SMILES string of the molecule is O=C(c1cn(CCN2CCN(c3ccccc3)CC2)c2cccnc12)N1CCOCC1. The molecule has 0 spiro atoms. The van der Waals surface area contributed by atoms with Crippen LogP contribution in [-0.2, 0) is 11.3 Å². The van der Waals surface area contributed by atoms with Gasteiger partial charge in [-0.05, 0) is 24.3 Å². The van der Waals surface area contributed by atoms with E-state index in [0.717, 1.165) is 50.3 Å². The summed E-state index contributed by atoms with van der Waals surface area (Å²) in [5.74, 6) is 0.0576. The van der Waals surface area contributed by atoms with Gasteiger partial charge in [0.15, 0.2) is 0 Å². The first-order valence-electron chi connectivity index (χ1n) is 11.1. The Morgan fingerprint density at radius 1 is 0.903 bits per heavy atom. The Morgan fingerprint density at radius 3 is 2.45 bits per heavy atom. The van der Waals surface area contributed by atoms with Crippen LogP contribution in [0.4, 0.5) is 5.69 Å². The van der Waals surface area contributed by atoms with Crippen LogP contribution in [0.3, 0.4) is 0 Å². The van der Waals surface area contributed by atoms with E-state index in [0.29, 0.717) is 31.9 Å². The molecule has 31 heavy (non-hydrogen) atoms. The molecule has 0 N–H and O–H groups in total. The van der Waals surface area contributed by atoms with E-state index in [1.807, 2.05) is 17.2 Å². The van der Waals surface area contributed by atoms with E-state index in [2.05, 4.69) is 55.7 Å². The Hall–Kier alpha value is -2.90. The third-order valence-corrected chi connectivity index (χ3v) is 6.32. The van der Waals surface area contributed by atoms with Crippen molar-refractivity contribution in [2.45, 2.75) is 6.54 Å². The standard InChI is InChI=1S/C24H29N5O2/c30-24(28-15-17-31-18-16-28)21-19-29(22-7-4-8-25-23(21)22)14-11-26-9-12-27(13-10-26)20-5-2-1-3-6-20/h1-8,19H,9-18H2. The van der Waals surface area contributed by atoms with Crippen LogP contribution in [0.15, 0.2) is 54.9 Å². The average molecular weight is 420 g/mol. The molecule has 162 valence electrons. The molecule has 1 amide bonds. The molecule has 0 radical (unpaired) electrons. The molecular formula is C24H29N5O2. The fourth-order valence-corrected chi connectivity index (χ4v) is 4.52. The molecule has 0 unspecified atom stereocenters. The van der Waals surface area contributed by atoms with E-state index in [4.69, 9.17) is 4.74 Å². The van der Waals surface area contributed by atoms with Crippen molar-refractivity contribution < 1.29 is 9.53 Å². The number of pyridine rings is 1. The molecule has 7 heteroatoms. The van der Waals surface area contributed by atoms with Gasteiger partial charge in [-0.1, -0.05) is 18.2 Å². The maximum atomic E-state index is 13.1. The summed E-state index contributed by atoms with van der Waals surface area (Å²) >= 11 is 0. The number of benzene rings is 1. The van der Waals surface area contributed by atoms with Crippen LogP contribution < -0.4 is 4.90 Å². The minimum atomic E-state index is 0.0576. The minimum Gasteiger partial charge on any atom is -0.378 e. The van der Waals surface area contributed by atoms with E-state index in [1.165, 1.54) is 5.69 Å². The highest BCUT2D eigenvalue weighted by Gasteiger charge is 2.24. The topological polar surface area (TPSA) is 53.8 Å². The monoisotopic (exact) mass is 419 g/mol. The number of carbonyl (C=O) groups is 1. The molecule has 2 aromatic heterocycles. The maximum Gasteiger partial charge on any atom is 0.257 e. The highest BCUT2D eigenvalue weighted by Crippen LogP contribution is 2.22. The number of amides is 1. The molecule has 2 aliphatic heterocycles. The molecule has 4 heterocycles. The van der Waals surface area contributed by atoms with Gasteiger partial charge in [-0.3, -0.25) is 14.7 Å². The van der Waals surface area contributed by atoms with E-state index in [9.17, 15) is 4.79 Å². The van der Waals surface area contributed by atoms with Crippen LogP contribution in [0.1, 0.15) is 10.4 Å². The Kier molecular flexibility index (Phi) is 5.86. The second kappa shape index (κ2) is 9.08. The van der Waals surface area contributed by atoms with Crippen LogP contribution in [0.2, 0.25) is 0 Å². The van der Waals surface area contributed by atoms with Crippen LogP contribution in [0.25, 0.3) is 11.0 Å². The van der Waals surface area contributed by atoms with Gasteiger partial charge in [0, 0.05) is 70.4 Å². The van der Waals surface area contributed by atoms with Crippen molar-refractivity contribution in [3.8, 4) is 0 Å². The third kappa shape index (κ3) is 4.29. The number of aromatic nitrogens is 2. The second-order valence-corrected chi connectivity index (χ2v) is 8.18. The number of fused-ring (bicyclic) bond motifs is 1. The molecule has 2 saturated heterocycles. The van der Waals surface area contributed by atoms with Gasteiger partial charge in [0.25, 0.3) is 5.91 Å². The highest BCUT2D eigenvalue weighted by molar-refractivity contribution is 6.05. The Balaban J connectivity index is 1.25. The van der Waals surface area contributed by atoms with Crippen molar-refractivity contribution in [1.29, 1.82) is 0 Å². The van der Waals surface area contributed by atoms with Gasteiger partial charge in [-0.2, -0.15) is 0 Å². The van der Waals surface area contributed by atoms with Crippen LogP contribution in [0.5, 0.6) is 0 Å². The van der Waals surface area contributed by atoms with Crippen molar-refractivity contribution in [3.63, 3.8) is 0 Å². The lowest BCUT2D eigenvalue weighted by atomic mass is 10.2. The molecule has 0 aliphatic carbocycles. The van der Waals surface area contributed by atoms with Gasteiger partial charge < -0.3 is 19.1 Å². The number of para-hydroxylation sites is 1. The fourth-order valence-electron chi connectivity index (χ4n) is 4.52. The number of morpholine rings is 1. The lowest BCUT2D eigenvalue weighted by Gasteiger charge is -2.36. The number of piperazine rings is 1. The molecule has 3 aromatic rings. The first-order chi connectivity index (χ1) is 15.3. The summed E-state index contributed by atoms with van der Waals surface area (Å²) in [5, 5.41) is 0. The van der Waals surface area contributed by atoms with Crippen molar-refractivity contribution in [2.24, 2.45) is 0 Å². The number of ether oxygens (including phenoxy) is 1. The number of nitrogens with zero attached hydrogens (tertiary/aromatic N) is 5. The Morgan fingerprint density at radius 2 is 1.68 bits per heavy atom. The predicted molar refractivity (Wildman–Crippen MR) is 122 cm³/mol. The lowest BCUT2D eigenvalue weighted by molar-refractivity contribution is 0.0304. The number of hydrogen-bond acceptors (Lipinski definition) is 5. The molecule has 5 rings (SSSR count). The van der Waals surface area contributed by atoms with Crippen LogP contribution >= 0.6 is 0 Å². The van der Waals surface area contributed by atoms with Crippen LogP contribution in [-0.4, -0.2) is 84.3 Å². The molecule has 0 bridgehead atoms. The van der Waals surface area contributed by atoms with Crippen LogP contribution in [0, 0.1) is 0 Å². The molecule has 0 saturated carbocycles. The first-order valence-corrected chi connectivity index (χ1v) is 11.1. The number of rotatable bonds is 5. The summed E-state index contributed by atoms with van der Waals surface area (Å²) in [6, 6.07) is 14.6. The molecular weight excluding hydrogens is 390 g/mol. The van der Waals surface area contributed by atoms with Gasteiger partial charge in [-0.25, -0.2) is 0 Å². The molecule has 2 fully saturated rings. The van der Waals surface area contributed by atoms with Gasteiger partial charge in [0.2, 0.25) is 0 Å². The van der Waals surface area contributed by atoms with Crippen molar-refractivity contribution >= 4 is 22.6 Å². The second-order valence-electron chi connectivity index (χ2n) is 8.18. The normalized spacial score (nSPS) is 17.9. The van der Waals surface area contributed by atoms with Crippen molar-refractivity contribution in [2.75, 3.05) is 63.9 Å². The minimum absolute atomic E-state index is 0.0576. The first kappa shape index (κ1) is 20.0. The predicted octanol–water partition coefficient (Wildman–Crippen LogP) is 2.33. The zero-order chi connectivity index (χ0) is 21.0. The molecule has 0 atom stereocenters. The summed E-state index contributed by atoms with van der Waals surface area (Å²) in [6.45, 7) is 8.49. The van der Waals surface area contributed by atoms with Gasteiger partial charge in [0.1, 0.15) is 5.52 Å². The zero-order valence-electron chi connectivity index (χ0n) is 17.8. The summed E-state index contributed by atoms with van der Waals surface area (Å²) in [7, 11) is 0. The molecule has 2 aliphatic rings. The summed E-state index contributed by atoms with van der Waals surface area (Å²) in [5.41, 5.74) is 3.83. The smallest absolute Gasteiger partial charge is 0.257 e. The summed E-state index contributed by atoms with van der Waals surface area (Å²) in [4.78, 5) is 24.5. The number of anilines is 1. The van der Waals surface area contributed by atoms with Gasteiger partial charge >= 0.3 is 0 Å². The van der Waals surface area contributed by atoms with Crippen molar-refractivity contribution in [1.82, 2.24) is 19.4 Å². The third-order valence-electron chi connectivity index (χ3n) is 6.32. The highest BCUT2D eigenvalue weighted by atomic mass is 16.5. The Labute approximate surface area is 182 Å². The summed E-state index contributed by atoms with van der Waals surface area (Å²) in [6.07, 6.45) is 3.77. The summed E-state index contributed by atoms with van der Waals surface area (Å²) < 4.78 is 7.59. The van der Waals surface area contributed by atoms with Crippen molar-refractivity contribution in [3.05, 3.63) is 60.4 Å². The van der Waals surface area contributed by atoms with Gasteiger partial charge in [-0.15, -0.1) is 0 Å². The van der Waals surface area contributed by atoms with E-state index in [1.54, 1.807) is 6.20 Å². The Bertz CT molecular complexity index is 1020.